The quantitative estimate of drug-likeness (QED) is 0.424. The van der Waals surface area contributed by atoms with Crippen LogP contribution in [0.15, 0.2) is 36.4 Å². The molecule has 5 rings (SSSR count). The van der Waals surface area contributed by atoms with Gasteiger partial charge in [-0.05, 0) is 106 Å². The van der Waals surface area contributed by atoms with E-state index in [1.165, 1.54) is 17.3 Å². The Kier molecular flexibility index (Phi) is 6.83. The number of carbonyl (C=O) groups is 1. The van der Waals surface area contributed by atoms with Gasteiger partial charge >= 0.3 is 5.97 Å². The smallest absolute Gasteiger partial charge is 0.308 e. The Morgan fingerprint density at radius 1 is 1.06 bits per heavy atom. The summed E-state index contributed by atoms with van der Waals surface area (Å²) in [5.74, 6) is 0.488. The molecule has 2 aliphatic rings. The Morgan fingerprint density at radius 3 is 2.49 bits per heavy atom. The summed E-state index contributed by atoms with van der Waals surface area (Å²) in [5, 5.41) is 11.5. The topological polar surface area (TPSA) is 60.7 Å². The highest BCUT2D eigenvalue weighted by Gasteiger charge is 2.34. The predicted octanol–water partition coefficient (Wildman–Crippen LogP) is 6.51. The molecule has 186 valence electrons. The van der Waals surface area contributed by atoms with Crippen molar-refractivity contribution in [3.05, 3.63) is 59.0 Å². The molecule has 1 saturated carbocycles. The monoisotopic (exact) mass is 479 g/mol. The van der Waals surface area contributed by atoms with Gasteiger partial charge in [0.15, 0.2) is 0 Å². The SMILES string of the molecule is CCOC(=O)C1CCC(c2c(C3CCOCC3)n(-c3ccc(F)c(C)c3)c3ccc(O)cc23)CC1. The van der Waals surface area contributed by atoms with E-state index >= 15 is 0 Å². The number of hydrogen-bond donors (Lipinski definition) is 1. The third kappa shape index (κ3) is 4.56. The average Bonchev–Trinajstić information content (AvgIpc) is 3.20. The van der Waals surface area contributed by atoms with Crippen molar-refractivity contribution in [3.8, 4) is 11.4 Å². The number of phenolic OH excluding ortho intramolecular Hbond substituents is 1. The van der Waals surface area contributed by atoms with Crippen LogP contribution in [0, 0.1) is 18.7 Å². The van der Waals surface area contributed by atoms with Crippen LogP contribution in [0.3, 0.4) is 0 Å². The zero-order chi connectivity index (χ0) is 24.5. The van der Waals surface area contributed by atoms with Crippen LogP contribution in [-0.4, -0.2) is 35.5 Å². The van der Waals surface area contributed by atoms with E-state index in [0.717, 1.165) is 68.3 Å². The average molecular weight is 480 g/mol. The number of phenols is 1. The first-order valence-electron chi connectivity index (χ1n) is 12.9. The molecule has 2 heterocycles. The molecule has 0 unspecified atom stereocenters. The molecule has 1 N–H and O–H groups in total. The molecule has 0 radical (unpaired) electrons. The van der Waals surface area contributed by atoms with Gasteiger partial charge < -0.3 is 19.1 Å². The minimum atomic E-state index is -0.215. The molecule has 3 aromatic rings. The van der Waals surface area contributed by atoms with Gasteiger partial charge in [-0.25, -0.2) is 4.39 Å². The van der Waals surface area contributed by atoms with Gasteiger partial charge in [-0.2, -0.15) is 0 Å². The molecule has 1 saturated heterocycles. The van der Waals surface area contributed by atoms with Gasteiger partial charge in [0.1, 0.15) is 11.6 Å². The summed E-state index contributed by atoms with van der Waals surface area (Å²) in [5.41, 5.74) is 5.09. The van der Waals surface area contributed by atoms with E-state index in [4.69, 9.17) is 9.47 Å². The van der Waals surface area contributed by atoms with Gasteiger partial charge in [-0.1, -0.05) is 0 Å². The molecule has 1 aliphatic carbocycles. The summed E-state index contributed by atoms with van der Waals surface area (Å²) in [4.78, 5) is 12.4. The summed E-state index contributed by atoms with van der Waals surface area (Å²) in [6.45, 7) is 5.49. The van der Waals surface area contributed by atoms with E-state index in [2.05, 4.69) is 4.57 Å². The number of halogens is 1. The molecular weight excluding hydrogens is 445 g/mol. The summed E-state index contributed by atoms with van der Waals surface area (Å²) in [6, 6.07) is 10.9. The third-order valence-corrected chi connectivity index (χ3v) is 7.79. The van der Waals surface area contributed by atoms with Crippen molar-refractivity contribution in [3.63, 3.8) is 0 Å². The minimum Gasteiger partial charge on any atom is -0.508 e. The standard InChI is InChI=1S/C29H34FNO4/c1-3-35-29(33)21-6-4-19(5-7-21)27-24-17-23(32)9-11-26(24)31(22-8-10-25(30)18(2)16-22)28(27)20-12-14-34-15-13-20/h8-11,16-17,19-21,32H,3-7,12-15H2,1-2H3. The van der Waals surface area contributed by atoms with Gasteiger partial charge in [0, 0.05) is 35.9 Å². The molecular formula is C29H34FNO4. The van der Waals surface area contributed by atoms with Crippen molar-refractivity contribution < 1.29 is 23.8 Å². The van der Waals surface area contributed by atoms with Crippen LogP contribution >= 0.6 is 0 Å². The number of carbonyl (C=O) groups excluding carboxylic acids is 1. The lowest BCUT2D eigenvalue weighted by Gasteiger charge is -2.31. The van der Waals surface area contributed by atoms with E-state index in [1.807, 2.05) is 31.2 Å². The second kappa shape index (κ2) is 10.0. The second-order valence-electron chi connectivity index (χ2n) is 9.96. The van der Waals surface area contributed by atoms with Crippen LogP contribution in [0.5, 0.6) is 5.75 Å². The van der Waals surface area contributed by atoms with Crippen molar-refractivity contribution in [2.75, 3.05) is 19.8 Å². The van der Waals surface area contributed by atoms with Gasteiger partial charge in [-0.15, -0.1) is 0 Å². The number of benzene rings is 2. The van der Waals surface area contributed by atoms with Crippen molar-refractivity contribution >= 4 is 16.9 Å². The first kappa shape index (κ1) is 23.9. The number of aromatic hydroxyl groups is 1. The van der Waals surface area contributed by atoms with Crippen molar-refractivity contribution in [1.82, 2.24) is 4.57 Å². The Morgan fingerprint density at radius 2 is 1.80 bits per heavy atom. The Bertz CT molecular complexity index is 1220. The fraction of sp³-hybridized carbons (Fsp3) is 0.483. The summed E-state index contributed by atoms with van der Waals surface area (Å²) in [7, 11) is 0. The van der Waals surface area contributed by atoms with Crippen molar-refractivity contribution in [2.24, 2.45) is 5.92 Å². The Balaban J connectivity index is 1.66. The molecule has 0 spiro atoms. The van der Waals surface area contributed by atoms with E-state index < -0.39 is 0 Å². The minimum absolute atomic E-state index is 0.0424. The highest BCUT2D eigenvalue weighted by molar-refractivity contribution is 5.89. The fourth-order valence-electron chi connectivity index (χ4n) is 6.05. The van der Waals surface area contributed by atoms with Crippen LogP contribution in [0.1, 0.15) is 74.1 Å². The number of fused-ring (bicyclic) bond motifs is 1. The van der Waals surface area contributed by atoms with Crippen LogP contribution in [0.2, 0.25) is 0 Å². The number of nitrogens with zero attached hydrogens (tertiary/aromatic N) is 1. The Hall–Kier alpha value is -2.86. The van der Waals surface area contributed by atoms with E-state index in [9.17, 15) is 14.3 Å². The highest BCUT2D eigenvalue weighted by atomic mass is 19.1. The number of ether oxygens (including phenoxy) is 2. The summed E-state index contributed by atoms with van der Waals surface area (Å²) in [6.07, 6.45) is 5.25. The zero-order valence-electron chi connectivity index (χ0n) is 20.6. The van der Waals surface area contributed by atoms with E-state index in [1.54, 1.807) is 13.0 Å². The molecule has 2 fully saturated rings. The number of hydrogen-bond acceptors (Lipinski definition) is 4. The lowest BCUT2D eigenvalue weighted by Crippen LogP contribution is -2.24. The maximum Gasteiger partial charge on any atom is 0.308 e. The van der Waals surface area contributed by atoms with Crippen molar-refractivity contribution in [2.45, 2.75) is 64.2 Å². The molecule has 5 nitrogen and oxygen atoms in total. The van der Waals surface area contributed by atoms with Crippen molar-refractivity contribution in [1.29, 1.82) is 0 Å². The van der Waals surface area contributed by atoms with Crippen LogP contribution in [0.25, 0.3) is 16.6 Å². The molecule has 1 aromatic heterocycles. The van der Waals surface area contributed by atoms with Gasteiger partial charge in [-0.3, -0.25) is 4.79 Å². The summed E-state index contributed by atoms with van der Waals surface area (Å²) >= 11 is 0. The fourth-order valence-corrected chi connectivity index (χ4v) is 6.05. The number of esters is 1. The predicted molar refractivity (Wildman–Crippen MR) is 134 cm³/mol. The molecule has 2 aromatic carbocycles. The zero-order valence-corrected chi connectivity index (χ0v) is 20.6. The maximum atomic E-state index is 14.2. The second-order valence-corrected chi connectivity index (χ2v) is 9.96. The molecule has 6 heteroatoms. The van der Waals surface area contributed by atoms with Gasteiger partial charge in [0.2, 0.25) is 0 Å². The molecule has 0 amide bonds. The van der Waals surface area contributed by atoms with E-state index in [-0.39, 0.29) is 29.4 Å². The molecule has 35 heavy (non-hydrogen) atoms. The summed E-state index contributed by atoms with van der Waals surface area (Å²) < 4.78 is 27.5. The largest absolute Gasteiger partial charge is 0.508 e. The normalized spacial score (nSPS) is 21.3. The molecule has 0 bridgehead atoms. The van der Waals surface area contributed by atoms with Crippen LogP contribution in [0.4, 0.5) is 4.39 Å². The maximum absolute atomic E-state index is 14.2. The lowest BCUT2D eigenvalue weighted by molar-refractivity contribution is -0.149. The molecule has 1 aliphatic heterocycles. The van der Waals surface area contributed by atoms with Crippen LogP contribution in [-0.2, 0) is 14.3 Å². The number of rotatable bonds is 5. The number of aromatic nitrogens is 1. The highest BCUT2D eigenvalue weighted by Crippen LogP contribution is 2.47. The molecule has 0 atom stereocenters. The first-order valence-corrected chi connectivity index (χ1v) is 12.9. The third-order valence-electron chi connectivity index (χ3n) is 7.79. The van der Waals surface area contributed by atoms with Gasteiger partial charge in [0.05, 0.1) is 18.0 Å². The number of aryl methyl sites for hydroxylation is 1. The van der Waals surface area contributed by atoms with E-state index in [0.29, 0.717) is 18.1 Å². The van der Waals surface area contributed by atoms with Crippen LogP contribution < -0.4 is 0 Å². The first-order chi connectivity index (χ1) is 17.0. The lowest BCUT2D eigenvalue weighted by atomic mass is 9.76. The van der Waals surface area contributed by atoms with Gasteiger partial charge in [0.25, 0.3) is 0 Å². The Labute approximate surface area is 205 Å².